The second-order valence-corrected chi connectivity index (χ2v) is 10.2. The molecule has 0 aliphatic carbocycles. The zero-order valence-corrected chi connectivity index (χ0v) is 17.0. The first-order chi connectivity index (χ1) is 12.2. The Labute approximate surface area is 159 Å². The van der Waals surface area contributed by atoms with Gasteiger partial charge in [0.25, 0.3) is 0 Å². The molecule has 9 heteroatoms. The maximum Gasteiger partial charge on any atom is 0.244 e. The van der Waals surface area contributed by atoms with Gasteiger partial charge in [-0.05, 0) is 36.8 Å². The van der Waals surface area contributed by atoms with Crippen molar-refractivity contribution >= 4 is 31.5 Å². The molecular weight excluding hydrogens is 396 g/mol. The first kappa shape index (κ1) is 20.8. The third-order valence-corrected chi connectivity index (χ3v) is 7.26. The van der Waals surface area contributed by atoms with E-state index in [1.54, 1.807) is 12.3 Å². The van der Waals surface area contributed by atoms with Crippen LogP contribution in [-0.4, -0.2) is 45.5 Å². The second kappa shape index (κ2) is 8.47. The van der Waals surface area contributed by atoms with Crippen LogP contribution in [0.2, 0.25) is 5.02 Å². The number of aromatic nitrogens is 1. The predicted molar refractivity (Wildman–Crippen MR) is 102 cm³/mol. The van der Waals surface area contributed by atoms with E-state index in [1.807, 2.05) is 19.1 Å². The van der Waals surface area contributed by atoms with Crippen molar-refractivity contribution in [3.63, 3.8) is 0 Å². The molecule has 0 aliphatic heterocycles. The van der Waals surface area contributed by atoms with Crippen LogP contribution < -0.4 is 0 Å². The monoisotopic (exact) mass is 416 g/mol. The van der Waals surface area contributed by atoms with Gasteiger partial charge in [-0.1, -0.05) is 24.6 Å². The molecule has 0 radical (unpaired) electrons. The minimum Gasteiger partial charge on any atom is -0.261 e. The van der Waals surface area contributed by atoms with Gasteiger partial charge in [0, 0.05) is 37.7 Å². The van der Waals surface area contributed by atoms with Crippen molar-refractivity contribution in [2.24, 2.45) is 0 Å². The quantitative estimate of drug-likeness (QED) is 0.660. The van der Waals surface area contributed by atoms with Gasteiger partial charge in [-0.3, -0.25) is 4.98 Å². The van der Waals surface area contributed by atoms with Gasteiger partial charge in [-0.15, -0.1) is 0 Å². The molecule has 0 N–H and O–H groups in total. The second-order valence-electron chi connectivity index (χ2n) is 5.84. The van der Waals surface area contributed by atoms with Gasteiger partial charge < -0.3 is 0 Å². The summed E-state index contributed by atoms with van der Waals surface area (Å²) in [5.41, 5.74) is 0.778. The predicted octanol–water partition coefficient (Wildman–Crippen LogP) is 2.78. The number of halogens is 1. The average molecular weight is 417 g/mol. The highest BCUT2D eigenvalue weighted by molar-refractivity contribution is 7.91. The van der Waals surface area contributed by atoms with Gasteiger partial charge in [0.2, 0.25) is 10.0 Å². The molecule has 1 heterocycles. The zero-order chi connectivity index (χ0) is 19.4. The van der Waals surface area contributed by atoms with Gasteiger partial charge >= 0.3 is 0 Å². The number of benzene rings is 1. The summed E-state index contributed by atoms with van der Waals surface area (Å²) in [7, 11) is -7.48. The molecule has 6 nitrogen and oxygen atoms in total. The maximum absolute atomic E-state index is 13.1. The minimum atomic E-state index is -3.94. The molecule has 0 bridgehead atoms. The number of nitrogens with zero attached hydrogens (tertiary/aromatic N) is 2. The summed E-state index contributed by atoms with van der Waals surface area (Å²) < 4.78 is 51.0. The molecule has 1 aromatic heterocycles. The lowest BCUT2D eigenvalue weighted by Gasteiger charge is -2.22. The lowest BCUT2D eigenvalue weighted by molar-refractivity contribution is 0.412. The summed E-state index contributed by atoms with van der Waals surface area (Å²) in [4.78, 5) is 3.92. The first-order valence-electron chi connectivity index (χ1n) is 8.06. The highest BCUT2D eigenvalue weighted by Crippen LogP contribution is 2.28. The maximum atomic E-state index is 13.1. The summed E-state index contributed by atoms with van der Waals surface area (Å²) in [5.74, 6) is 0. The van der Waals surface area contributed by atoms with E-state index in [4.69, 9.17) is 11.6 Å². The van der Waals surface area contributed by atoms with Crippen LogP contribution in [0.1, 0.15) is 19.0 Å². The van der Waals surface area contributed by atoms with Crippen LogP contribution in [0.3, 0.4) is 0 Å². The Morgan fingerprint density at radius 1 is 1.08 bits per heavy atom. The van der Waals surface area contributed by atoms with Crippen LogP contribution in [0.15, 0.2) is 52.4 Å². The van der Waals surface area contributed by atoms with Crippen molar-refractivity contribution in [1.82, 2.24) is 9.29 Å². The molecule has 0 saturated carbocycles. The number of sulfonamides is 1. The molecule has 2 rings (SSSR count). The van der Waals surface area contributed by atoms with Crippen LogP contribution in [0, 0.1) is 0 Å². The number of pyridine rings is 1. The summed E-state index contributed by atoms with van der Waals surface area (Å²) in [5, 5.41) is -0.00339. The van der Waals surface area contributed by atoms with Crippen LogP contribution in [0.5, 0.6) is 0 Å². The van der Waals surface area contributed by atoms with Crippen molar-refractivity contribution in [2.45, 2.75) is 29.6 Å². The first-order valence-corrected chi connectivity index (χ1v) is 11.8. The standard InChI is InChI=1S/C17H21ClN2O4S2/c1-3-11-20(12-9-14-6-4-5-10-19-14)26(23,24)17-13-15(25(2,21)22)7-8-16(17)18/h4-8,10,13H,3,9,11-12H2,1-2H3. The van der Waals surface area contributed by atoms with Crippen molar-refractivity contribution in [1.29, 1.82) is 0 Å². The molecule has 1 aromatic carbocycles. The van der Waals surface area contributed by atoms with Gasteiger partial charge in [0.15, 0.2) is 9.84 Å². The number of hydrogen-bond donors (Lipinski definition) is 0. The third kappa shape index (κ3) is 5.03. The fraction of sp³-hybridized carbons (Fsp3) is 0.353. The van der Waals surface area contributed by atoms with Crippen LogP contribution in [0.25, 0.3) is 0 Å². The molecule has 2 aromatic rings. The van der Waals surface area contributed by atoms with E-state index in [9.17, 15) is 16.8 Å². The molecule has 0 amide bonds. The van der Waals surface area contributed by atoms with E-state index in [0.717, 1.165) is 18.0 Å². The lowest BCUT2D eigenvalue weighted by atomic mass is 10.3. The van der Waals surface area contributed by atoms with Crippen LogP contribution in [0.4, 0.5) is 0 Å². The Bertz CT molecular complexity index is 962. The van der Waals surface area contributed by atoms with Gasteiger partial charge in [-0.2, -0.15) is 4.31 Å². The average Bonchev–Trinajstić information content (AvgIpc) is 2.58. The summed E-state index contributed by atoms with van der Waals surface area (Å²) in [6, 6.07) is 9.18. The molecule has 26 heavy (non-hydrogen) atoms. The highest BCUT2D eigenvalue weighted by Gasteiger charge is 2.27. The van der Waals surface area contributed by atoms with Crippen LogP contribution in [-0.2, 0) is 26.3 Å². The Balaban J connectivity index is 2.38. The van der Waals surface area contributed by atoms with Crippen molar-refractivity contribution < 1.29 is 16.8 Å². The van der Waals surface area contributed by atoms with E-state index >= 15 is 0 Å². The Hall–Kier alpha value is -1.48. The fourth-order valence-electron chi connectivity index (χ4n) is 2.44. The minimum absolute atomic E-state index is 0.00339. The van der Waals surface area contributed by atoms with E-state index in [0.29, 0.717) is 19.4 Å². The Kier molecular flexibility index (Phi) is 6.79. The van der Waals surface area contributed by atoms with Crippen molar-refractivity contribution in [3.8, 4) is 0 Å². The summed E-state index contributed by atoms with van der Waals surface area (Å²) in [6.45, 7) is 2.40. The topological polar surface area (TPSA) is 84.4 Å². The molecule has 0 saturated heterocycles. The molecular formula is C17H21ClN2O4S2. The SMILES string of the molecule is CCCN(CCc1ccccn1)S(=O)(=O)c1cc(S(C)(=O)=O)ccc1Cl. The molecule has 0 atom stereocenters. The number of hydrogen-bond acceptors (Lipinski definition) is 5. The van der Waals surface area contributed by atoms with E-state index < -0.39 is 19.9 Å². The van der Waals surface area contributed by atoms with E-state index in [-0.39, 0.29) is 21.4 Å². The molecule has 0 spiro atoms. The smallest absolute Gasteiger partial charge is 0.244 e. The third-order valence-electron chi connectivity index (χ3n) is 3.77. The summed E-state index contributed by atoms with van der Waals surface area (Å²) >= 11 is 6.08. The zero-order valence-electron chi connectivity index (χ0n) is 14.6. The number of sulfone groups is 1. The van der Waals surface area contributed by atoms with Gasteiger partial charge in [-0.25, -0.2) is 16.8 Å². The van der Waals surface area contributed by atoms with E-state index in [2.05, 4.69) is 4.98 Å². The van der Waals surface area contributed by atoms with E-state index in [1.165, 1.54) is 16.4 Å². The van der Waals surface area contributed by atoms with Gasteiger partial charge in [0.05, 0.1) is 9.92 Å². The largest absolute Gasteiger partial charge is 0.261 e. The Morgan fingerprint density at radius 3 is 2.38 bits per heavy atom. The normalized spacial score (nSPS) is 12.5. The molecule has 0 aliphatic rings. The van der Waals surface area contributed by atoms with Crippen molar-refractivity contribution in [3.05, 3.63) is 53.3 Å². The molecule has 0 unspecified atom stereocenters. The lowest BCUT2D eigenvalue weighted by Crippen LogP contribution is -2.34. The van der Waals surface area contributed by atoms with Crippen molar-refractivity contribution in [2.75, 3.05) is 19.3 Å². The molecule has 0 fully saturated rings. The number of rotatable bonds is 8. The highest BCUT2D eigenvalue weighted by atomic mass is 35.5. The van der Waals surface area contributed by atoms with Crippen LogP contribution >= 0.6 is 11.6 Å². The van der Waals surface area contributed by atoms with Gasteiger partial charge in [0.1, 0.15) is 4.90 Å². The summed E-state index contributed by atoms with van der Waals surface area (Å²) in [6.07, 6.45) is 3.74. The molecule has 142 valence electrons. The Morgan fingerprint density at radius 2 is 1.81 bits per heavy atom. The fourth-order valence-corrected chi connectivity index (χ4v) is 5.19.